The Balaban J connectivity index is 2.69. The molecule has 0 aromatic rings. The summed E-state index contributed by atoms with van der Waals surface area (Å²) in [5.41, 5.74) is 0. The second kappa shape index (κ2) is 2.95. The van der Waals surface area contributed by atoms with Gasteiger partial charge in [-0.3, -0.25) is 0 Å². The largest absolute Gasteiger partial charge is 0.394 e. The molecular weight excluding hydrogens is 223 g/mol. The summed E-state index contributed by atoms with van der Waals surface area (Å²) in [6, 6.07) is 0. The molecule has 1 aliphatic heterocycles. The van der Waals surface area contributed by atoms with Crippen molar-refractivity contribution >= 4 is 15.9 Å². The Kier molecular flexibility index (Phi) is 2.50. The van der Waals surface area contributed by atoms with Gasteiger partial charge in [-0.25, -0.2) is 4.39 Å². The molecule has 3 N–H and O–H groups in total. The van der Waals surface area contributed by atoms with Gasteiger partial charge >= 0.3 is 0 Å². The van der Waals surface area contributed by atoms with Gasteiger partial charge in [-0.05, 0) is 15.9 Å². The number of hydrogen-bond acceptors (Lipinski definition) is 4. The molecule has 1 saturated heterocycles. The Morgan fingerprint density at radius 1 is 1.64 bits per heavy atom. The molecule has 0 saturated carbocycles. The summed E-state index contributed by atoms with van der Waals surface area (Å²) in [6.45, 7) is -0.532. The predicted molar refractivity (Wildman–Crippen MR) is 36.7 cm³/mol. The summed E-state index contributed by atoms with van der Waals surface area (Å²) in [4.78, 5) is 0. The van der Waals surface area contributed by atoms with Crippen LogP contribution in [-0.4, -0.2) is 45.0 Å². The molecule has 0 spiro atoms. The molecule has 0 aromatic heterocycles. The maximum Gasteiger partial charge on any atom is 0.259 e. The van der Waals surface area contributed by atoms with Crippen LogP contribution >= 0.6 is 15.9 Å². The van der Waals surface area contributed by atoms with E-state index in [1.165, 1.54) is 0 Å². The SMILES string of the molecule is OC[C@H]1O[C@@](O)(Br)[C@@H](F)[C@@H]1O. The first kappa shape index (κ1) is 9.34. The van der Waals surface area contributed by atoms with Gasteiger partial charge in [0.15, 0.2) is 6.17 Å². The summed E-state index contributed by atoms with van der Waals surface area (Å²) in [7, 11) is 0. The van der Waals surface area contributed by atoms with Crippen LogP contribution in [0.4, 0.5) is 4.39 Å². The fraction of sp³-hybridized carbons (Fsp3) is 1.00. The fourth-order valence-corrected chi connectivity index (χ4v) is 1.40. The second-order valence-electron chi connectivity index (χ2n) is 2.34. The van der Waals surface area contributed by atoms with Crippen molar-refractivity contribution in [1.29, 1.82) is 0 Å². The van der Waals surface area contributed by atoms with Crippen LogP contribution in [0, 0.1) is 0 Å². The average molecular weight is 231 g/mol. The zero-order valence-corrected chi connectivity index (χ0v) is 7.03. The van der Waals surface area contributed by atoms with Crippen molar-refractivity contribution in [3.63, 3.8) is 0 Å². The summed E-state index contributed by atoms with van der Waals surface area (Å²) in [6.07, 6.45) is -4.52. The molecule has 1 fully saturated rings. The molecule has 6 heteroatoms. The van der Waals surface area contributed by atoms with E-state index in [4.69, 9.17) is 15.3 Å². The van der Waals surface area contributed by atoms with Crippen molar-refractivity contribution in [2.45, 2.75) is 23.1 Å². The summed E-state index contributed by atoms with van der Waals surface area (Å²) >= 11 is 2.52. The molecule has 0 bridgehead atoms. The van der Waals surface area contributed by atoms with E-state index in [2.05, 4.69) is 20.7 Å². The van der Waals surface area contributed by atoms with Crippen LogP contribution in [0.25, 0.3) is 0 Å². The predicted octanol–water partition coefficient (Wildman–Crippen LogP) is -0.883. The van der Waals surface area contributed by atoms with Crippen LogP contribution < -0.4 is 0 Å². The zero-order valence-electron chi connectivity index (χ0n) is 5.44. The van der Waals surface area contributed by atoms with Gasteiger partial charge in [0.25, 0.3) is 4.70 Å². The lowest BCUT2D eigenvalue weighted by Gasteiger charge is -2.15. The van der Waals surface area contributed by atoms with Crippen LogP contribution in [0.1, 0.15) is 0 Å². The first-order valence-corrected chi connectivity index (χ1v) is 3.80. The summed E-state index contributed by atoms with van der Waals surface area (Å²) in [5.74, 6) is 0. The Hall–Kier alpha value is 0.250. The van der Waals surface area contributed by atoms with Crippen molar-refractivity contribution in [3.05, 3.63) is 0 Å². The number of aliphatic hydroxyl groups is 3. The Labute approximate surface area is 70.7 Å². The van der Waals surface area contributed by atoms with E-state index < -0.39 is 29.7 Å². The number of ether oxygens (including phenoxy) is 1. The topological polar surface area (TPSA) is 69.9 Å². The zero-order chi connectivity index (χ0) is 8.65. The van der Waals surface area contributed by atoms with Gasteiger partial charge in [0.1, 0.15) is 12.2 Å². The lowest BCUT2D eigenvalue weighted by Crippen LogP contribution is -2.34. The molecule has 0 amide bonds. The minimum Gasteiger partial charge on any atom is -0.394 e. The van der Waals surface area contributed by atoms with Crippen LogP contribution in [0.5, 0.6) is 0 Å². The van der Waals surface area contributed by atoms with Crippen LogP contribution in [-0.2, 0) is 4.74 Å². The average Bonchev–Trinajstić information content (AvgIpc) is 2.13. The molecule has 0 radical (unpaired) electrons. The minimum atomic E-state index is -2.17. The third-order valence-electron chi connectivity index (χ3n) is 1.52. The van der Waals surface area contributed by atoms with E-state index in [1.807, 2.05) is 0 Å². The highest BCUT2D eigenvalue weighted by molar-refractivity contribution is 9.10. The number of aliphatic hydroxyl groups excluding tert-OH is 2. The van der Waals surface area contributed by atoms with Gasteiger partial charge in [-0.15, -0.1) is 0 Å². The molecule has 0 unspecified atom stereocenters. The molecule has 66 valence electrons. The van der Waals surface area contributed by atoms with E-state index in [0.717, 1.165) is 0 Å². The minimum absolute atomic E-state index is 0.532. The van der Waals surface area contributed by atoms with E-state index in [-0.39, 0.29) is 0 Å². The summed E-state index contributed by atoms with van der Waals surface area (Å²) in [5, 5.41) is 26.4. The van der Waals surface area contributed by atoms with E-state index in [0.29, 0.717) is 0 Å². The molecule has 0 aromatic carbocycles. The standard InChI is InChI=1S/C5H8BrFO4/c6-5(10)4(7)3(9)2(1-8)11-5/h2-4,8-10H,1H2/t2-,3-,4+,5-/m1/s1. The van der Waals surface area contributed by atoms with E-state index in [1.54, 1.807) is 0 Å². The van der Waals surface area contributed by atoms with Crippen molar-refractivity contribution in [2.24, 2.45) is 0 Å². The smallest absolute Gasteiger partial charge is 0.259 e. The van der Waals surface area contributed by atoms with Gasteiger partial charge < -0.3 is 20.1 Å². The number of halogens is 2. The normalized spacial score (nSPS) is 51.5. The summed E-state index contributed by atoms with van der Waals surface area (Å²) < 4.78 is 15.1. The maximum atomic E-state index is 12.7. The molecular formula is C5H8BrFO4. The second-order valence-corrected chi connectivity index (χ2v) is 3.48. The number of hydrogen-bond donors (Lipinski definition) is 3. The Bertz CT molecular complexity index is 153. The van der Waals surface area contributed by atoms with Crippen LogP contribution in [0.3, 0.4) is 0 Å². The van der Waals surface area contributed by atoms with Crippen molar-refractivity contribution < 1.29 is 24.4 Å². The molecule has 1 aliphatic rings. The molecule has 0 aliphatic carbocycles. The Morgan fingerprint density at radius 3 is 2.36 bits per heavy atom. The van der Waals surface area contributed by atoms with Crippen molar-refractivity contribution in [3.8, 4) is 0 Å². The quantitative estimate of drug-likeness (QED) is 0.512. The highest BCUT2D eigenvalue weighted by Crippen LogP contribution is 2.35. The highest BCUT2D eigenvalue weighted by Gasteiger charge is 2.53. The van der Waals surface area contributed by atoms with Gasteiger partial charge in [0, 0.05) is 0 Å². The maximum absolute atomic E-state index is 12.7. The molecule has 4 nitrogen and oxygen atoms in total. The number of rotatable bonds is 1. The van der Waals surface area contributed by atoms with Crippen LogP contribution in [0.15, 0.2) is 0 Å². The monoisotopic (exact) mass is 230 g/mol. The highest BCUT2D eigenvalue weighted by atomic mass is 79.9. The van der Waals surface area contributed by atoms with Gasteiger partial charge in [0.05, 0.1) is 6.61 Å². The van der Waals surface area contributed by atoms with E-state index in [9.17, 15) is 4.39 Å². The molecule has 4 atom stereocenters. The number of alkyl halides is 2. The van der Waals surface area contributed by atoms with Crippen LogP contribution in [0.2, 0.25) is 0 Å². The lowest BCUT2D eigenvalue weighted by atomic mass is 10.2. The van der Waals surface area contributed by atoms with Gasteiger partial charge in [0.2, 0.25) is 0 Å². The van der Waals surface area contributed by atoms with Gasteiger partial charge in [-0.2, -0.15) is 0 Å². The molecule has 1 rings (SSSR count). The van der Waals surface area contributed by atoms with Gasteiger partial charge in [-0.1, -0.05) is 0 Å². The Morgan fingerprint density at radius 2 is 2.18 bits per heavy atom. The third kappa shape index (κ3) is 1.54. The van der Waals surface area contributed by atoms with Crippen molar-refractivity contribution in [2.75, 3.05) is 6.61 Å². The fourth-order valence-electron chi connectivity index (χ4n) is 0.891. The third-order valence-corrected chi connectivity index (χ3v) is 2.14. The first-order valence-electron chi connectivity index (χ1n) is 3.01. The lowest BCUT2D eigenvalue weighted by molar-refractivity contribution is -0.143. The van der Waals surface area contributed by atoms with Crippen molar-refractivity contribution in [1.82, 2.24) is 0 Å². The molecule has 1 heterocycles. The molecule has 11 heavy (non-hydrogen) atoms. The van der Waals surface area contributed by atoms with E-state index >= 15 is 0 Å². The first-order chi connectivity index (χ1) is 4.99.